The van der Waals surface area contributed by atoms with E-state index in [1.54, 1.807) is 17.9 Å². The lowest BCUT2D eigenvalue weighted by Gasteiger charge is -2.18. The maximum absolute atomic E-state index is 12.6. The molecule has 1 aromatic heterocycles. The van der Waals surface area contributed by atoms with Crippen LogP contribution in [0.4, 0.5) is 0 Å². The molecule has 148 valence electrons. The maximum atomic E-state index is 12.6. The second-order valence-electron chi connectivity index (χ2n) is 6.60. The Kier molecular flexibility index (Phi) is 7.65. The van der Waals surface area contributed by atoms with Crippen LogP contribution in [0.1, 0.15) is 29.2 Å². The quantitative estimate of drug-likeness (QED) is 0.750. The number of ether oxygens (including phenoxy) is 2. The second kappa shape index (κ2) is 9.73. The Morgan fingerprint density at radius 2 is 2.30 bits per heavy atom. The Morgan fingerprint density at radius 3 is 2.93 bits per heavy atom. The van der Waals surface area contributed by atoms with Crippen LogP contribution < -0.4 is 15.4 Å². The van der Waals surface area contributed by atoms with E-state index in [0.29, 0.717) is 13.2 Å². The van der Waals surface area contributed by atoms with Crippen LogP contribution in [0.5, 0.6) is 5.75 Å². The lowest BCUT2D eigenvalue weighted by Crippen LogP contribution is -2.35. The first kappa shape index (κ1) is 21.2. The molecular weight excluding hydrogens is 368 g/mol. The van der Waals surface area contributed by atoms with Gasteiger partial charge in [-0.1, -0.05) is 12.1 Å². The van der Waals surface area contributed by atoms with Gasteiger partial charge in [0.25, 0.3) is 0 Å². The van der Waals surface area contributed by atoms with E-state index in [2.05, 4.69) is 15.7 Å². The summed E-state index contributed by atoms with van der Waals surface area (Å²) in [5.74, 6) is 0.708. The predicted molar refractivity (Wildman–Crippen MR) is 105 cm³/mol. The fourth-order valence-corrected chi connectivity index (χ4v) is 3.03. The number of carbonyl (C=O) groups excluding carboxylic acids is 1. The van der Waals surface area contributed by atoms with E-state index < -0.39 is 6.04 Å². The van der Waals surface area contributed by atoms with Gasteiger partial charge in [0, 0.05) is 37.3 Å². The van der Waals surface area contributed by atoms with Crippen LogP contribution in [-0.4, -0.2) is 42.1 Å². The third kappa shape index (κ3) is 5.45. The SMILES string of the molecule is CNC(C(=O)NCc1ccc(C)cc1OC1CCOC1)c1cnn(C)c1.Cl. The number of likely N-dealkylation sites (N-methyl/N-ethyl adjacent to an activating group) is 1. The van der Waals surface area contributed by atoms with E-state index in [4.69, 9.17) is 9.47 Å². The summed E-state index contributed by atoms with van der Waals surface area (Å²) in [5, 5.41) is 10.2. The van der Waals surface area contributed by atoms with Crippen molar-refractivity contribution in [3.63, 3.8) is 0 Å². The molecule has 0 spiro atoms. The minimum Gasteiger partial charge on any atom is -0.488 e. The molecule has 1 aromatic carbocycles. The Labute approximate surface area is 165 Å². The number of hydrogen-bond acceptors (Lipinski definition) is 5. The van der Waals surface area contributed by atoms with Crippen molar-refractivity contribution >= 4 is 18.3 Å². The highest BCUT2D eigenvalue weighted by atomic mass is 35.5. The number of aryl methyl sites for hydroxylation is 2. The number of benzene rings is 1. The lowest BCUT2D eigenvalue weighted by atomic mass is 10.1. The average Bonchev–Trinajstić information content (AvgIpc) is 3.27. The van der Waals surface area contributed by atoms with Gasteiger partial charge in [0.05, 0.1) is 19.4 Å². The molecule has 2 atom stereocenters. The van der Waals surface area contributed by atoms with Gasteiger partial charge >= 0.3 is 0 Å². The Bertz CT molecular complexity index is 759. The molecule has 3 rings (SSSR count). The third-order valence-corrected chi connectivity index (χ3v) is 4.47. The predicted octanol–water partition coefficient (Wildman–Crippen LogP) is 1.89. The molecule has 0 radical (unpaired) electrons. The highest BCUT2D eigenvalue weighted by Crippen LogP contribution is 2.24. The first-order chi connectivity index (χ1) is 12.6. The first-order valence-corrected chi connectivity index (χ1v) is 8.84. The van der Waals surface area contributed by atoms with Crippen molar-refractivity contribution in [2.75, 3.05) is 20.3 Å². The topological polar surface area (TPSA) is 77.4 Å². The molecule has 1 amide bonds. The molecule has 2 unspecified atom stereocenters. The zero-order valence-electron chi connectivity index (χ0n) is 15.9. The number of aromatic nitrogens is 2. The summed E-state index contributed by atoms with van der Waals surface area (Å²) >= 11 is 0. The van der Waals surface area contributed by atoms with Crippen LogP contribution in [0.25, 0.3) is 0 Å². The summed E-state index contributed by atoms with van der Waals surface area (Å²) < 4.78 is 13.2. The van der Waals surface area contributed by atoms with Gasteiger partial charge in [0.15, 0.2) is 0 Å². The van der Waals surface area contributed by atoms with E-state index in [9.17, 15) is 4.79 Å². The summed E-state index contributed by atoms with van der Waals surface area (Å²) in [5.41, 5.74) is 2.91. The number of halogens is 1. The standard InChI is InChI=1S/C19H26N4O3.ClH/c1-13-4-5-14(17(8-13)26-16-6-7-25-12-16)9-21-19(24)18(20-2)15-10-22-23(3)11-15;/h4-5,8,10-11,16,18,20H,6-7,9,12H2,1-3H3,(H,21,24);1H. The molecule has 1 aliphatic heterocycles. The van der Waals surface area contributed by atoms with Crippen molar-refractivity contribution in [1.29, 1.82) is 0 Å². The molecular formula is C19H27ClN4O3. The largest absolute Gasteiger partial charge is 0.488 e. The van der Waals surface area contributed by atoms with E-state index >= 15 is 0 Å². The van der Waals surface area contributed by atoms with Gasteiger partial charge in [-0.15, -0.1) is 12.4 Å². The molecule has 0 saturated carbocycles. The van der Waals surface area contributed by atoms with Crippen LogP contribution in [0.3, 0.4) is 0 Å². The van der Waals surface area contributed by atoms with Crippen molar-refractivity contribution in [1.82, 2.24) is 20.4 Å². The normalized spacial score (nSPS) is 17.2. The summed E-state index contributed by atoms with van der Waals surface area (Å²) in [7, 11) is 3.59. The number of amides is 1. The van der Waals surface area contributed by atoms with E-state index in [1.165, 1.54) is 0 Å². The number of nitrogens with one attached hydrogen (secondary N) is 2. The number of nitrogens with zero attached hydrogens (tertiary/aromatic N) is 2. The Hall–Kier alpha value is -2.09. The second-order valence-corrected chi connectivity index (χ2v) is 6.60. The molecule has 1 saturated heterocycles. The van der Waals surface area contributed by atoms with Crippen molar-refractivity contribution in [2.24, 2.45) is 7.05 Å². The highest BCUT2D eigenvalue weighted by molar-refractivity contribution is 5.85. The molecule has 2 heterocycles. The van der Waals surface area contributed by atoms with Crippen LogP contribution in [0.15, 0.2) is 30.6 Å². The van der Waals surface area contributed by atoms with Crippen molar-refractivity contribution < 1.29 is 14.3 Å². The first-order valence-electron chi connectivity index (χ1n) is 8.84. The minimum absolute atomic E-state index is 0. The molecule has 1 fully saturated rings. The van der Waals surface area contributed by atoms with Gasteiger partial charge in [-0.25, -0.2) is 0 Å². The van der Waals surface area contributed by atoms with E-state index in [0.717, 1.165) is 35.5 Å². The highest BCUT2D eigenvalue weighted by Gasteiger charge is 2.21. The summed E-state index contributed by atoms with van der Waals surface area (Å²) in [4.78, 5) is 12.6. The summed E-state index contributed by atoms with van der Waals surface area (Å²) in [6.07, 6.45) is 4.50. The third-order valence-electron chi connectivity index (χ3n) is 4.47. The number of hydrogen-bond donors (Lipinski definition) is 2. The van der Waals surface area contributed by atoms with Gasteiger partial charge in [-0.05, 0) is 25.6 Å². The van der Waals surface area contributed by atoms with Crippen LogP contribution >= 0.6 is 12.4 Å². The van der Waals surface area contributed by atoms with Crippen LogP contribution in [0, 0.1) is 6.92 Å². The Morgan fingerprint density at radius 1 is 1.48 bits per heavy atom. The molecule has 27 heavy (non-hydrogen) atoms. The van der Waals surface area contributed by atoms with Gasteiger partial charge in [-0.2, -0.15) is 5.10 Å². The zero-order valence-corrected chi connectivity index (χ0v) is 16.7. The minimum atomic E-state index is -0.443. The van der Waals surface area contributed by atoms with E-state index in [-0.39, 0.29) is 24.4 Å². The summed E-state index contributed by atoms with van der Waals surface area (Å²) in [6.45, 7) is 3.78. The van der Waals surface area contributed by atoms with Gasteiger partial charge in [0.1, 0.15) is 17.9 Å². The van der Waals surface area contributed by atoms with Gasteiger partial charge in [0.2, 0.25) is 5.91 Å². The maximum Gasteiger partial charge on any atom is 0.242 e. The molecule has 8 heteroatoms. The number of carbonyl (C=O) groups is 1. The molecule has 1 aliphatic rings. The van der Waals surface area contributed by atoms with Crippen molar-refractivity contribution in [3.8, 4) is 5.75 Å². The summed E-state index contributed by atoms with van der Waals surface area (Å²) in [6, 6.07) is 5.59. The fraction of sp³-hybridized carbons (Fsp3) is 0.474. The van der Waals surface area contributed by atoms with Crippen molar-refractivity contribution in [3.05, 3.63) is 47.3 Å². The van der Waals surface area contributed by atoms with Crippen LogP contribution in [0.2, 0.25) is 0 Å². The monoisotopic (exact) mass is 394 g/mol. The molecule has 2 N–H and O–H groups in total. The van der Waals surface area contributed by atoms with Gasteiger partial charge in [-0.3, -0.25) is 9.48 Å². The lowest BCUT2D eigenvalue weighted by molar-refractivity contribution is -0.123. The van der Waals surface area contributed by atoms with Crippen LogP contribution in [-0.2, 0) is 23.1 Å². The Balaban J connectivity index is 0.00000261. The number of rotatable bonds is 7. The molecule has 2 aromatic rings. The fourth-order valence-electron chi connectivity index (χ4n) is 3.03. The zero-order chi connectivity index (χ0) is 18.5. The van der Waals surface area contributed by atoms with E-state index in [1.807, 2.05) is 38.4 Å². The van der Waals surface area contributed by atoms with Gasteiger partial charge < -0.3 is 20.1 Å². The average molecular weight is 395 g/mol. The van der Waals surface area contributed by atoms with Crippen molar-refractivity contribution in [2.45, 2.75) is 32.0 Å². The molecule has 7 nitrogen and oxygen atoms in total. The smallest absolute Gasteiger partial charge is 0.242 e. The molecule has 0 aliphatic carbocycles. The molecule has 0 bridgehead atoms.